The molecule has 0 saturated carbocycles. The number of carbonyl (C=O) groups excluding carboxylic acids is 1. The summed E-state index contributed by atoms with van der Waals surface area (Å²) in [7, 11) is 1.40. The first-order valence-corrected chi connectivity index (χ1v) is 8.04. The highest BCUT2D eigenvalue weighted by Crippen LogP contribution is 2.34. The number of methoxy groups -OCH3 is 1. The Kier molecular flexibility index (Phi) is 5.38. The molecule has 0 bridgehead atoms. The Morgan fingerprint density at radius 2 is 1.68 bits per heavy atom. The van der Waals surface area contributed by atoms with Crippen molar-refractivity contribution in [3.05, 3.63) is 58.1 Å². The Labute approximate surface area is 151 Å². The van der Waals surface area contributed by atoms with Gasteiger partial charge in [-0.2, -0.15) is 0 Å². The van der Waals surface area contributed by atoms with E-state index in [2.05, 4.69) is 26.1 Å². The number of carboxylic acids is 1. The summed E-state index contributed by atoms with van der Waals surface area (Å²) in [5, 5.41) is 11.9. The highest BCUT2D eigenvalue weighted by molar-refractivity contribution is 6.33. The summed E-state index contributed by atoms with van der Waals surface area (Å²) in [6.07, 6.45) is 0. The first kappa shape index (κ1) is 18.8. The third-order valence-electron chi connectivity index (χ3n) is 3.76. The van der Waals surface area contributed by atoms with Crippen LogP contribution in [0.2, 0.25) is 5.02 Å². The molecule has 0 aliphatic heterocycles. The third kappa shape index (κ3) is 4.31. The standard InChI is InChI=1S/C19H20ClNO4/c1-19(2,3)13-7-5-11(6-8-13)17(22)21-15-10-12(18(23)24)9-14(20)16(15)25-4/h5-10H,1-4H3,(H,21,22)(H,23,24). The van der Waals surface area contributed by atoms with Crippen molar-refractivity contribution in [3.63, 3.8) is 0 Å². The minimum atomic E-state index is -1.14. The van der Waals surface area contributed by atoms with Gasteiger partial charge >= 0.3 is 5.97 Å². The van der Waals surface area contributed by atoms with Crippen molar-refractivity contribution in [2.75, 3.05) is 12.4 Å². The second kappa shape index (κ2) is 7.15. The largest absolute Gasteiger partial charge is 0.493 e. The molecule has 0 radical (unpaired) electrons. The Bertz CT molecular complexity index is 807. The van der Waals surface area contributed by atoms with Crippen LogP contribution >= 0.6 is 11.6 Å². The van der Waals surface area contributed by atoms with Crippen LogP contribution in [0.1, 0.15) is 47.1 Å². The smallest absolute Gasteiger partial charge is 0.335 e. The number of hydrogen-bond acceptors (Lipinski definition) is 3. The van der Waals surface area contributed by atoms with Crippen LogP contribution in [-0.4, -0.2) is 24.1 Å². The fourth-order valence-corrected chi connectivity index (χ4v) is 2.63. The van der Waals surface area contributed by atoms with E-state index in [9.17, 15) is 9.59 Å². The Morgan fingerprint density at radius 1 is 1.08 bits per heavy atom. The summed E-state index contributed by atoms with van der Waals surface area (Å²) in [6.45, 7) is 6.27. The molecule has 0 heterocycles. The number of ether oxygens (including phenoxy) is 1. The van der Waals surface area contributed by atoms with E-state index >= 15 is 0 Å². The SMILES string of the molecule is COc1c(Cl)cc(C(=O)O)cc1NC(=O)c1ccc(C(C)(C)C)cc1. The fourth-order valence-electron chi connectivity index (χ4n) is 2.33. The van der Waals surface area contributed by atoms with E-state index in [0.29, 0.717) is 5.56 Å². The molecule has 0 unspecified atom stereocenters. The lowest BCUT2D eigenvalue weighted by atomic mass is 9.87. The molecule has 5 nitrogen and oxygen atoms in total. The zero-order valence-corrected chi connectivity index (χ0v) is 15.3. The molecule has 6 heteroatoms. The van der Waals surface area contributed by atoms with Crippen LogP contribution in [-0.2, 0) is 5.41 Å². The maximum atomic E-state index is 12.5. The lowest BCUT2D eigenvalue weighted by molar-refractivity contribution is 0.0696. The van der Waals surface area contributed by atoms with Gasteiger partial charge in [0.15, 0.2) is 5.75 Å². The van der Waals surface area contributed by atoms with Crippen molar-refractivity contribution in [1.82, 2.24) is 0 Å². The van der Waals surface area contributed by atoms with E-state index in [1.54, 1.807) is 12.1 Å². The number of halogens is 1. The lowest BCUT2D eigenvalue weighted by Gasteiger charge is -2.19. The molecular weight excluding hydrogens is 342 g/mol. The van der Waals surface area contributed by atoms with Crippen molar-refractivity contribution < 1.29 is 19.4 Å². The molecule has 0 atom stereocenters. The average Bonchev–Trinajstić information content (AvgIpc) is 2.53. The Morgan fingerprint density at radius 3 is 2.16 bits per heavy atom. The average molecular weight is 362 g/mol. The second-order valence-corrected chi connectivity index (χ2v) is 7.03. The van der Waals surface area contributed by atoms with Gasteiger partial charge in [-0.25, -0.2) is 4.79 Å². The summed E-state index contributed by atoms with van der Waals surface area (Å²) in [5.41, 5.74) is 1.72. The zero-order valence-electron chi connectivity index (χ0n) is 14.5. The number of carboxylic acid groups (broad SMARTS) is 1. The van der Waals surface area contributed by atoms with Gasteiger partial charge < -0.3 is 15.2 Å². The van der Waals surface area contributed by atoms with Crippen LogP contribution in [0.15, 0.2) is 36.4 Å². The van der Waals surface area contributed by atoms with Crippen molar-refractivity contribution in [3.8, 4) is 5.75 Å². The van der Waals surface area contributed by atoms with Gasteiger partial charge in [0.05, 0.1) is 23.4 Å². The molecule has 132 valence electrons. The van der Waals surface area contributed by atoms with Crippen LogP contribution in [0, 0.1) is 0 Å². The third-order valence-corrected chi connectivity index (χ3v) is 4.04. The van der Waals surface area contributed by atoms with Gasteiger partial charge in [-0.05, 0) is 35.2 Å². The van der Waals surface area contributed by atoms with Gasteiger partial charge in [0, 0.05) is 5.56 Å². The van der Waals surface area contributed by atoms with E-state index in [-0.39, 0.29) is 33.3 Å². The highest BCUT2D eigenvalue weighted by atomic mass is 35.5. The summed E-state index contributed by atoms with van der Waals surface area (Å²) < 4.78 is 5.17. The molecule has 0 aliphatic rings. The van der Waals surface area contributed by atoms with Crippen molar-refractivity contribution in [1.29, 1.82) is 0 Å². The topological polar surface area (TPSA) is 75.6 Å². The van der Waals surface area contributed by atoms with Gasteiger partial charge in [-0.15, -0.1) is 0 Å². The first-order chi connectivity index (χ1) is 11.6. The predicted octanol–water partition coefficient (Wildman–Crippen LogP) is 4.60. The molecule has 0 fully saturated rings. The minimum absolute atomic E-state index is 0.0123. The first-order valence-electron chi connectivity index (χ1n) is 7.66. The molecule has 1 amide bonds. The van der Waals surface area contributed by atoms with E-state index < -0.39 is 5.97 Å². The van der Waals surface area contributed by atoms with Gasteiger partial charge in [0.1, 0.15) is 0 Å². The predicted molar refractivity (Wildman–Crippen MR) is 98.1 cm³/mol. The number of benzene rings is 2. The molecule has 0 spiro atoms. The number of carbonyl (C=O) groups is 2. The number of anilines is 1. The van der Waals surface area contributed by atoms with Gasteiger partial charge in [-0.3, -0.25) is 4.79 Å². The van der Waals surface area contributed by atoms with Gasteiger partial charge in [-0.1, -0.05) is 44.5 Å². The monoisotopic (exact) mass is 361 g/mol. The van der Waals surface area contributed by atoms with E-state index in [1.807, 2.05) is 12.1 Å². The van der Waals surface area contributed by atoms with Crippen LogP contribution in [0.5, 0.6) is 5.75 Å². The molecule has 25 heavy (non-hydrogen) atoms. The highest BCUT2D eigenvalue weighted by Gasteiger charge is 2.18. The molecule has 2 aromatic rings. The van der Waals surface area contributed by atoms with Crippen LogP contribution in [0.25, 0.3) is 0 Å². The Balaban J connectivity index is 2.32. The van der Waals surface area contributed by atoms with Gasteiger partial charge in [0.25, 0.3) is 5.91 Å². The Hall–Kier alpha value is -2.53. The summed E-state index contributed by atoms with van der Waals surface area (Å²) >= 11 is 6.04. The van der Waals surface area contributed by atoms with Crippen molar-refractivity contribution in [2.45, 2.75) is 26.2 Å². The normalized spacial score (nSPS) is 11.1. The number of rotatable bonds is 4. The molecule has 2 N–H and O–H groups in total. The quantitative estimate of drug-likeness (QED) is 0.834. The molecule has 0 saturated heterocycles. The number of hydrogen-bond donors (Lipinski definition) is 2. The number of nitrogens with one attached hydrogen (secondary N) is 1. The van der Waals surface area contributed by atoms with Crippen molar-refractivity contribution >= 4 is 29.2 Å². The maximum Gasteiger partial charge on any atom is 0.335 e. The molecular formula is C19H20ClNO4. The molecule has 2 aromatic carbocycles. The van der Waals surface area contributed by atoms with Crippen LogP contribution in [0.4, 0.5) is 5.69 Å². The maximum absolute atomic E-state index is 12.5. The van der Waals surface area contributed by atoms with E-state index in [4.69, 9.17) is 21.4 Å². The summed E-state index contributed by atoms with van der Waals surface area (Å²) in [6, 6.07) is 9.83. The van der Waals surface area contributed by atoms with E-state index in [1.165, 1.54) is 19.2 Å². The molecule has 0 aromatic heterocycles. The lowest BCUT2D eigenvalue weighted by Crippen LogP contribution is -2.15. The summed E-state index contributed by atoms with van der Waals surface area (Å²) in [5.74, 6) is -1.31. The second-order valence-electron chi connectivity index (χ2n) is 6.63. The zero-order chi connectivity index (χ0) is 18.8. The summed E-state index contributed by atoms with van der Waals surface area (Å²) in [4.78, 5) is 23.7. The molecule has 2 rings (SSSR count). The van der Waals surface area contributed by atoms with E-state index in [0.717, 1.165) is 5.56 Å². The number of aromatic carboxylic acids is 1. The fraction of sp³-hybridized carbons (Fsp3) is 0.263. The minimum Gasteiger partial charge on any atom is -0.493 e. The molecule has 0 aliphatic carbocycles. The van der Waals surface area contributed by atoms with Gasteiger partial charge in [0.2, 0.25) is 0 Å². The van der Waals surface area contributed by atoms with Crippen LogP contribution in [0.3, 0.4) is 0 Å². The van der Waals surface area contributed by atoms with Crippen LogP contribution < -0.4 is 10.1 Å². The number of amides is 1. The van der Waals surface area contributed by atoms with Crippen molar-refractivity contribution in [2.24, 2.45) is 0 Å².